The van der Waals surface area contributed by atoms with Gasteiger partial charge < -0.3 is 4.90 Å². The van der Waals surface area contributed by atoms with Gasteiger partial charge in [0.15, 0.2) is 0 Å². The fourth-order valence-electron chi connectivity index (χ4n) is 1.33. The standard InChI is InChI=1S/C13H23NO/c1-11(2)7-6-8-12(3)9-13(4)14(5)10-15/h7,9-10,12H,6,8H2,1-5H3/b13-9+. The molecule has 0 heterocycles. The van der Waals surface area contributed by atoms with Crippen molar-refractivity contribution in [2.45, 2.75) is 40.5 Å². The van der Waals surface area contributed by atoms with Crippen molar-refractivity contribution in [2.24, 2.45) is 5.92 Å². The second-order valence-electron chi connectivity index (χ2n) is 4.36. The summed E-state index contributed by atoms with van der Waals surface area (Å²) in [5.74, 6) is 0.517. The molecule has 0 aromatic heterocycles. The first kappa shape index (κ1) is 13.9. The van der Waals surface area contributed by atoms with E-state index in [4.69, 9.17) is 0 Å². The minimum atomic E-state index is 0.517. The van der Waals surface area contributed by atoms with Crippen LogP contribution in [0.3, 0.4) is 0 Å². The van der Waals surface area contributed by atoms with Crippen molar-refractivity contribution in [3.8, 4) is 0 Å². The maximum atomic E-state index is 10.5. The fourth-order valence-corrected chi connectivity index (χ4v) is 1.33. The van der Waals surface area contributed by atoms with E-state index in [0.717, 1.165) is 24.9 Å². The molecule has 0 fully saturated rings. The number of nitrogens with zero attached hydrogens (tertiary/aromatic N) is 1. The molecule has 2 heteroatoms. The minimum Gasteiger partial charge on any atom is -0.322 e. The third-order valence-electron chi connectivity index (χ3n) is 2.41. The molecule has 1 unspecified atom stereocenters. The zero-order valence-electron chi connectivity index (χ0n) is 10.6. The van der Waals surface area contributed by atoms with E-state index in [0.29, 0.717) is 5.92 Å². The zero-order chi connectivity index (χ0) is 11.8. The Balaban J connectivity index is 4.06. The lowest BCUT2D eigenvalue weighted by atomic mass is 10.0. The predicted molar refractivity (Wildman–Crippen MR) is 65.4 cm³/mol. The van der Waals surface area contributed by atoms with Crippen molar-refractivity contribution < 1.29 is 4.79 Å². The van der Waals surface area contributed by atoms with Gasteiger partial charge in [-0.3, -0.25) is 4.79 Å². The van der Waals surface area contributed by atoms with Gasteiger partial charge in [-0.05, 0) is 39.5 Å². The molecule has 0 spiro atoms. The van der Waals surface area contributed by atoms with Crippen LogP contribution < -0.4 is 0 Å². The van der Waals surface area contributed by atoms with Gasteiger partial charge in [0.25, 0.3) is 0 Å². The van der Waals surface area contributed by atoms with Crippen LogP contribution in [0, 0.1) is 5.92 Å². The molecule has 0 rings (SSSR count). The van der Waals surface area contributed by atoms with Gasteiger partial charge >= 0.3 is 0 Å². The molecule has 1 amide bonds. The van der Waals surface area contributed by atoms with Crippen molar-refractivity contribution in [2.75, 3.05) is 7.05 Å². The van der Waals surface area contributed by atoms with Crippen LogP contribution in [0.2, 0.25) is 0 Å². The Hall–Kier alpha value is -1.05. The van der Waals surface area contributed by atoms with Crippen LogP contribution in [-0.4, -0.2) is 18.4 Å². The molecule has 0 bridgehead atoms. The van der Waals surface area contributed by atoms with E-state index in [1.807, 2.05) is 6.92 Å². The first-order chi connectivity index (χ1) is 6.97. The van der Waals surface area contributed by atoms with Gasteiger partial charge in [0, 0.05) is 12.7 Å². The van der Waals surface area contributed by atoms with E-state index >= 15 is 0 Å². The van der Waals surface area contributed by atoms with Crippen LogP contribution in [0.4, 0.5) is 0 Å². The number of carbonyl (C=O) groups is 1. The number of carbonyl (C=O) groups excluding carboxylic acids is 1. The lowest BCUT2D eigenvalue weighted by molar-refractivity contribution is -0.115. The Morgan fingerprint density at radius 2 is 1.93 bits per heavy atom. The summed E-state index contributed by atoms with van der Waals surface area (Å²) >= 11 is 0. The van der Waals surface area contributed by atoms with Crippen molar-refractivity contribution >= 4 is 6.41 Å². The summed E-state index contributed by atoms with van der Waals surface area (Å²) in [5.41, 5.74) is 2.39. The summed E-state index contributed by atoms with van der Waals surface area (Å²) in [7, 11) is 1.78. The number of hydrogen-bond acceptors (Lipinski definition) is 1. The third-order valence-corrected chi connectivity index (χ3v) is 2.41. The quantitative estimate of drug-likeness (QED) is 0.485. The van der Waals surface area contributed by atoms with Gasteiger partial charge in [-0.25, -0.2) is 0 Å². The summed E-state index contributed by atoms with van der Waals surface area (Å²) in [5, 5.41) is 0. The Bertz CT molecular complexity index is 249. The monoisotopic (exact) mass is 209 g/mol. The largest absolute Gasteiger partial charge is 0.322 e. The lowest BCUT2D eigenvalue weighted by Gasteiger charge is -2.13. The molecular weight excluding hydrogens is 186 g/mol. The summed E-state index contributed by atoms with van der Waals surface area (Å²) in [6, 6.07) is 0. The van der Waals surface area contributed by atoms with Gasteiger partial charge in [0.1, 0.15) is 0 Å². The van der Waals surface area contributed by atoms with Crippen molar-refractivity contribution in [3.63, 3.8) is 0 Å². The minimum absolute atomic E-state index is 0.517. The zero-order valence-corrected chi connectivity index (χ0v) is 10.6. The van der Waals surface area contributed by atoms with E-state index in [1.165, 1.54) is 5.57 Å². The van der Waals surface area contributed by atoms with Crippen LogP contribution >= 0.6 is 0 Å². The van der Waals surface area contributed by atoms with Crippen LogP contribution in [0.1, 0.15) is 40.5 Å². The Labute approximate surface area is 93.7 Å². The molecule has 0 aromatic carbocycles. The van der Waals surface area contributed by atoms with Gasteiger partial charge in [-0.2, -0.15) is 0 Å². The Kier molecular flexibility index (Phi) is 6.76. The summed E-state index contributed by atoms with van der Waals surface area (Å²) in [6.07, 6.45) is 7.48. The molecule has 0 aliphatic carbocycles. The fraction of sp³-hybridized carbons (Fsp3) is 0.615. The predicted octanol–water partition coefficient (Wildman–Crippen LogP) is 3.36. The maximum Gasteiger partial charge on any atom is 0.213 e. The maximum absolute atomic E-state index is 10.5. The van der Waals surface area contributed by atoms with E-state index < -0.39 is 0 Å². The topological polar surface area (TPSA) is 20.3 Å². The number of allylic oxidation sites excluding steroid dienone is 4. The molecule has 0 saturated carbocycles. The first-order valence-electron chi connectivity index (χ1n) is 5.47. The van der Waals surface area contributed by atoms with E-state index in [1.54, 1.807) is 11.9 Å². The van der Waals surface area contributed by atoms with Gasteiger partial charge in [-0.15, -0.1) is 0 Å². The van der Waals surface area contributed by atoms with Crippen LogP contribution in [0.5, 0.6) is 0 Å². The SMILES string of the molecule is CC(C)=CCCC(C)/C=C(\C)N(C)C=O. The highest BCUT2D eigenvalue weighted by Gasteiger charge is 2.00. The number of hydrogen-bond donors (Lipinski definition) is 0. The molecule has 0 aliphatic rings. The van der Waals surface area contributed by atoms with Crippen LogP contribution in [0.15, 0.2) is 23.4 Å². The molecular formula is C13H23NO. The van der Waals surface area contributed by atoms with E-state index in [9.17, 15) is 4.79 Å². The van der Waals surface area contributed by atoms with E-state index in [2.05, 4.69) is 32.9 Å². The molecule has 15 heavy (non-hydrogen) atoms. The Morgan fingerprint density at radius 1 is 1.33 bits per heavy atom. The smallest absolute Gasteiger partial charge is 0.213 e. The summed E-state index contributed by atoms with van der Waals surface area (Å²) < 4.78 is 0. The molecule has 0 aliphatic heterocycles. The molecule has 1 atom stereocenters. The number of rotatable bonds is 6. The molecule has 2 nitrogen and oxygen atoms in total. The molecule has 0 radical (unpaired) electrons. The van der Waals surface area contributed by atoms with Gasteiger partial charge in [0.2, 0.25) is 6.41 Å². The Morgan fingerprint density at radius 3 is 2.40 bits per heavy atom. The first-order valence-corrected chi connectivity index (χ1v) is 5.47. The van der Waals surface area contributed by atoms with Crippen LogP contribution in [0.25, 0.3) is 0 Å². The van der Waals surface area contributed by atoms with Crippen molar-refractivity contribution in [1.29, 1.82) is 0 Å². The second kappa shape index (κ2) is 7.27. The molecule has 0 saturated heterocycles. The highest BCUT2D eigenvalue weighted by molar-refractivity contribution is 5.49. The highest BCUT2D eigenvalue weighted by atomic mass is 16.1. The molecule has 0 N–H and O–H groups in total. The average Bonchev–Trinajstić information content (AvgIpc) is 2.15. The molecule has 0 aromatic rings. The summed E-state index contributed by atoms with van der Waals surface area (Å²) in [6.45, 7) is 8.38. The third kappa shape index (κ3) is 6.95. The van der Waals surface area contributed by atoms with Gasteiger partial charge in [0.05, 0.1) is 0 Å². The van der Waals surface area contributed by atoms with Crippen molar-refractivity contribution in [1.82, 2.24) is 4.90 Å². The summed E-state index contributed by atoms with van der Waals surface area (Å²) in [4.78, 5) is 12.1. The number of amides is 1. The second-order valence-corrected chi connectivity index (χ2v) is 4.36. The molecule has 86 valence electrons. The van der Waals surface area contributed by atoms with Gasteiger partial charge in [-0.1, -0.05) is 24.6 Å². The van der Waals surface area contributed by atoms with Crippen LogP contribution in [-0.2, 0) is 4.79 Å². The van der Waals surface area contributed by atoms with Crippen molar-refractivity contribution in [3.05, 3.63) is 23.4 Å². The normalized spacial score (nSPS) is 13.3. The highest BCUT2D eigenvalue weighted by Crippen LogP contribution is 2.12. The lowest BCUT2D eigenvalue weighted by Crippen LogP contribution is -2.13. The average molecular weight is 209 g/mol. The van der Waals surface area contributed by atoms with E-state index in [-0.39, 0.29) is 0 Å².